The molecule has 0 unspecified atom stereocenters. The number of hydrogen-bond donors (Lipinski definition) is 3. The fourth-order valence-corrected chi connectivity index (χ4v) is 2.42. The van der Waals surface area contributed by atoms with Crippen molar-refractivity contribution in [3.8, 4) is 0 Å². The number of pyridine rings is 1. The zero-order valence-corrected chi connectivity index (χ0v) is 11.0. The Labute approximate surface area is 115 Å². The summed E-state index contributed by atoms with van der Waals surface area (Å²) < 4.78 is 0. The minimum absolute atomic E-state index is 0.188. The Morgan fingerprint density at radius 2 is 2.10 bits per heavy atom. The highest BCUT2D eigenvalue weighted by atomic mass is 16.3. The van der Waals surface area contributed by atoms with Gasteiger partial charge in [0, 0.05) is 23.5 Å². The van der Waals surface area contributed by atoms with Crippen LogP contribution in [0.15, 0.2) is 35.1 Å². The molecule has 1 aromatic heterocycles. The van der Waals surface area contributed by atoms with Crippen LogP contribution in [0.2, 0.25) is 0 Å². The quantitative estimate of drug-likeness (QED) is 0.784. The molecular formula is C15H16N2O3. The number of rotatable bonds is 3. The topological polar surface area (TPSA) is 82.2 Å². The van der Waals surface area contributed by atoms with Crippen molar-refractivity contribution < 1.29 is 9.90 Å². The van der Waals surface area contributed by atoms with E-state index in [9.17, 15) is 14.7 Å². The number of aromatic nitrogens is 1. The molecule has 104 valence electrons. The molecule has 0 saturated heterocycles. The minimum atomic E-state index is -0.771. The summed E-state index contributed by atoms with van der Waals surface area (Å²) in [5.41, 5.74) is -0.108. The van der Waals surface area contributed by atoms with E-state index >= 15 is 0 Å². The van der Waals surface area contributed by atoms with Crippen molar-refractivity contribution in [3.05, 3.63) is 46.2 Å². The lowest BCUT2D eigenvalue weighted by atomic mass is 9.80. The summed E-state index contributed by atoms with van der Waals surface area (Å²) in [4.78, 5) is 26.9. The molecule has 1 amide bonds. The lowest BCUT2D eigenvalue weighted by Gasteiger charge is -2.36. The Morgan fingerprint density at radius 3 is 2.80 bits per heavy atom. The highest BCUT2D eigenvalue weighted by Gasteiger charge is 2.34. The van der Waals surface area contributed by atoms with E-state index in [4.69, 9.17) is 0 Å². The van der Waals surface area contributed by atoms with Crippen LogP contribution in [0.1, 0.15) is 29.8 Å². The molecule has 1 heterocycles. The molecule has 1 saturated carbocycles. The molecule has 5 heteroatoms. The summed E-state index contributed by atoms with van der Waals surface area (Å²) in [5.74, 6) is -0.367. The van der Waals surface area contributed by atoms with Crippen LogP contribution >= 0.6 is 0 Å². The van der Waals surface area contributed by atoms with E-state index in [1.165, 1.54) is 6.07 Å². The van der Waals surface area contributed by atoms with E-state index in [2.05, 4.69) is 10.3 Å². The summed E-state index contributed by atoms with van der Waals surface area (Å²) in [6.45, 7) is 0.223. The van der Waals surface area contributed by atoms with Crippen LogP contribution in [-0.2, 0) is 0 Å². The maximum absolute atomic E-state index is 12.0. The van der Waals surface area contributed by atoms with Gasteiger partial charge in [0.05, 0.1) is 5.60 Å². The van der Waals surface area contributed by atoms with Gasteiger partial charge in [-0.15, -0.1) is 0 Å². The van der Waals surface area contributed by atoms with Gasteiger partial charge in [-0.1, -0.05) is 12.1 Å². The number of carbonyl (C=O) groups excluding carboxylic acids is 1. The van der Waals surface area contributed by atoms with Crippen LogP contribution in [-0.4, -0.2) is 28.1 Å². The highest BCUT2D eigenvalue weighted by Crippen LogP contribution is 2.30. The second kappa shape index (κ2) is 4.76. The van der Waals surface area contributed by atoms with Crippen molar-refractivity contribution in [2.75, 3.05) is 6.54 Å². The van der Waals surface area contributed by atoms with Gasteiger partial charge in [0.25, 0.3) is 5.91 Å². The molecule has 0 radical (unpaired) electrons. The van der Waals surface area contributed by atoms with Crippen molar-refractivity contribution >= 4 is 16.8 Å². The molecule has 0 aliphatic heterocycles. The number of hydrogen-bond acceptors (Lipinski definition) is 3. The number of para-hydroxylation sites is 1. The maximum atomic E-state index is 12.0. The lowest BCUT2D eigenvalue weighted by Crippen LogP contribution is -2.48. The van der Waals surface area contributed by atoms with Gasteiger partial charge in [-0.05, 0) is 31.4 Å². The number of aliphatic hydroxyl groups is 1. The number of H-pyrrole nitrogens is 1. The number of aromatic amines is 1. The molecule has 3 N–H and O–H groups in total. The Bertz CT molecular complexity index is 716. The van der Waals surface area contributed by atoms with Gasteiger partial charge in [-0.2, -0.15) is 0 Å². The zero-order chi connectivity index (χ0) is 14.2. The number of nitrogens with one attached hydrogen (secondary N) is 2. The van der Waals surface area contributed by atoms with E-state index in [0.717, 1.165) is 6.42 Å². The Kier molecular flexibility index (Phi) is 3.06. The van der Waals surface area contributed by atoms with Gasteiger partial charge in [-0.25, -0.2) is 0 Å². The molecule has 20 heavy (non-hydrogen) atoms. The predicted octanol–water partition coefficient (Wildman–Crippen LogP) is 1.17. The van der Waals surface area contributed by atoms with Gasteiger partial charge in [-0.3, -0.25) is 9.59 Å². The SMILES string of the molecule is O=C(NCC1(O)CCC1)c1cc(=O)c2ccccc2[nH]1. The van der Waals surface area contributed by atoms with Gasteiger partial charge >= 0.3 is 0 Å². The number of benzene rings is 1. The standard InChI is InChI=1S/C15H16N2O3/c18-13-8-12(17-11-5-2-1-4-10(11)13)14(19)16-9-15(20)6-3-7-15/h1-2,4-5,8,20H,3,6-7,9H2,(H,16,19)(H,17,18). The summed E-state index contributed by atoms with van der Waals surface area (Å²) in [6.07, 6.45) is 2.40. The van der Waals surface area contributed by atoms with Crippen molar-refractivity contribution in [1.82, 2.24) is 10.3 Å². The Morgan fingerprint density at radius 1 is 1.35 bits per heavy atom. The molecule has 3 rings (SSSR count). The van der Waals surface area contributed by atoms with Crippen LogP contribution in [0, 0.1) is 0 Å². The summed E-state index contributed by atoms with van der Waals surface area (Å²) >= 11 is 0. The van der Waals surface area contributed by atoms with E-state index in [0.29, 0.717) is 23.7 Å². The molecule has 1 aliphatic carbocycles. The van der Waals surface area contributed by atoms with Crippen molar-refractivity contribution in [1.29, 1.82) is 0 Å². The van der Waals surface area contributed by atoms with Gasteiger partial charge in [0.15, 0.2) is 5.43 Å². The average Bonchev–Trinajstić information content (AvgIpc) is 2.42. The third kappa shape index (κ3) is 2.32. The fraction of sp³-hybridized carbons (Fsp3) is 0.333. The molecule has 0 bridgehead atoms. The summed E-state index contributed by atoms with van der Waals surface area (Å²) in [5, 5.41) is 13.2. The third-order valence-electron chi connectivity index (χ3n) is 3.84. The second-order valence-corrected chi connectivity index (χ2v) is 5.35. The largest absolute Gasteiger partial charge is 0.388 e. The minimum Gasteiger partial charge on any atom is -0.388 e. The van der Waals surface area contributed by atoms with Crippen LogP contribution in [0.4, 0.5) is 0 Å². The van der Waals surface area contributed by atoms with Crippen molar-refractivity contribution in [2.24, 2.45) is 0 Å². The number of amides is 1. The molecule has 1 aliphatic rings. The van der Waals surface area contributed by atoms with Crippen LogP contribution in [0.5, 0.6) is 0 Å². The first kappa shape index (κ1) is 12.9. The zero-order valence-electron chi connectivity index (χ0n) is 11.0. The second-order valence-electron chi connectivity index (χ2n) is 5.35. The lowest BCUT2D eigenvalue weighted by molar-refractivity contribution is -0.0300. The van der Waals surface area contributed by atoms with E-state index in [1.54, 1.807) is 24.3 Å². The molecule has 2 aromatic rings. The summed E-state index contributed by atoms with van der Waals surface area (Å²) in [6, 6.07) is 8.35. The first-order chi connectivity index (χ1) is 9.57. The van der Waals surface area contributed by atoms with Gasteiger partial charge in [0.1, 0.15) is 5.69 Å². The van der Waals surface area contributed by atoms with Gasteiger partial charge in [0.2, 0.25) is 0 Å². The average molecular weight is 272 g/mol. The first-order valence-corrected chi connectivity index (χ1v) is 6.70. The first-order valence-electron chi connectivity index (χ1n) is 6.70. The predicted molar refractivity (Wildman–Crippen MR) is 75.7 cm³/mol. The number of fused-ring (bicyclic) bond motifs is 1. The number of carbonyl (C=O) groups is 1. The maximum Gasteiger partial charge on any atom is 0.267 e. The molecule has 0 spiro atoms. The molecule has 0 atom stereocenters. The fourth-order valence-electron chi connectivity index (χ4n) is 2.42. The van der Waals surface area contributed by atoms with Crippen LogP contribution in [0.25, 0.3) is 10.9 Å². The molecule has 5 nitrogen and oxygen atoms in total. The summed E-state index contributed by atoms with van der Waals surface area (Å²) in [7, 11) is 0. The molecule has 1 fully saturated rings. The van der Waals surface area contributed by atoms with Crippen molar-refractivity contribution in [2.45, 2.75) is 24.9 Å². The Hall–Kier alpha value is -2.14. The van der Waals surface area contributed by atoms with Crippen LogP contribution < -0.4 is 10.7 Å². The van der Waals surface area contributed by atoms with E-state index < -0.39 is 5.60 Å². The smallest absolute Gasteiger partial charge is 0.267 e. The monoisotopic (exact) mass is 272 g/mol. The molecular weight excluding hydrogens is 256 g/mol. The normalized spacial score (nSPS) is 16.6. The molecule has 1 aromatic carbocycles. The van der Waals surface area contributed by atoms with E-state index in [1.807, 2.05) is 0 Å². The third-order valence-corrected chi connectivity index (χ3v) is 3.84. The van der Waals surface area contributed by atoms with Crippen molar-refractivity contribution in [3.63, 3.8) is 0 Å². The van der Waals surface area contributed by atoms with Crippen LogP contribution in [0.3, 0.4) is 0 Å². The highest BCUT2D eigenvalue weighted by molar-refractivity contribution is 5.94. The van der Waals surface area contributed by atoms with Gasteiger partial charge < -0.3 is 15.4 Å². The Balaban J connectivity index is 1.82. The van der Waals surface area contributed by atoms with E-state index in [-0.39, 0.29) is 23.6 Å².